The molecule has 0 bridgehead atoms. The van der Waals surface area contributed by atoms with Gasteiger partial charge in [-0.3, -0.25) is 9.78 Å². The third-order valence-electron chi connectivity index (χ3n) is 15.2. The van der Waals surface area contributed by atoms with Crippen molar-refractivity contribution in [3.8, 4) is 0 Å². The van der Waals surface area contributed by atoms with Crippen molar-refractivity contribution in [2.45, 2.75) is 135 Å². The first-order chi connectivity index (χ1) is 21.8. The fourth-order valence-electron chi connectivity index (χ4n) is 12.9. The van der Waals surface area contributed by atoms with Crippen LogP contribution in [0.5, 0.6) is 0 Å². The lowest BCUT2D eigenvalue weighted by atomic mass is 9.46. The van der Waals surface area contributed by atoms with E-state index in [-0.39, 0.29) is 31.1 Å². The summed E-state index contributed by atoms with van der Waals surface area (Å²) in [5, 5.41) is 21.4. The minimum absolute atomic E-state index is 0. The third kappa shape index (κ3) is 4.55. The number of rotatable bonds is 5. The molecule has 8 rings (SSSR count). The van der Waals surface area contributed by atoms with E-state index in [1.165, 1.54) is 38.5 Å². The highest BCUT2D eigenvalue weighted by molar-refractivity contribution is 5.94. The molecule has 3 heterocycles. The molecule has 1 aromatic rings. The first-order valence-electron chi connectivity index (χ1n) is 18.3. The van der Waals surface area contributed by atoms with Gasteiger partial charge in [0.15, 0.2) is 6.29 Å². The van der Waals surface area contributed by atoms with Gasteiger partial charge in [-0.2, -0.15) is 0 Å². The van der Waals surface area contributed by atoms with Gasteiger partial charge in [-0.25, -0.2) is 0 Å². The highest BCUT2D eigenvalue weighted by Gasteiger charge is 2.80. The smallest absolute Gasteiger partial charge is 0.254 e. The standard InChI is InChI=1S/C38H56N2O6.H2/c1-34(2)29-9-7-24-26-20-28-25(6-8-27(45-28)32(41)35(3,4)43)36(26,5)14-15-37(24)22-38(29,37)13-10-30(34)46-31-21-40(18-19-44-31)33(42)23-11-16-39-17-12-23;/h11-12,16-17,24-32,41,43H,6-10,13-15,18-22H2,1-5H3;1H/t24?,25?,26?,27?,28?,29?,30-,31?,32-,36?,37-,38?;/m0./s1. The van der Waals surface area contributed by atoms with E-state index in [0.717, 1.165) is 31.6 Å². The lowest BCUT2D eigenvalue weighted by Gasteiger charge is -2.60. The molecule has 8 nitrogen and oxygen atoms in total. The van der Waals surface area contributed by atoms with Crippen LogP contribution in [0.15, 0.2) is 24.5 Å². The second-order valence-electron chi connectivity index (χ2n) is 17.8. The predicted octanol–water partition coefficient (Wildman–Crippen LogP) is 5.85. The maximum absolute atomic E-state index is 13.2. The van der Waals surface area contributed by atoms with Crippen molar-refractivity contribution >= 4 is 5.91 Å². The number of aliphatic hydroxyl groups excluding tert-OH is 1. The molecule has 1 amide bonds. The van der Waals surface area contributed by atoms with Crippen molar-refractivity contribution in [2.24, 2.45) is 45.3 Å². The van der Waals surface area contributed by atoms with Gasteiger partial charge in [0.05, 0.1) is 37.1 Å². The van der Waals surface area contributed by atoms with E-state index in [9.17, 15) is 15.0 Å². The molecule has 5 saturated carbocycles. The summed E-state index contributed by atoms with van der Waals surface area (Å²) in [6.07, 6.45) is 14.1. The molecule has 5 aliphatic carbocycles. The molecule has 0 radical (unpaired) electrons. The van der Waals surface area contributed by atoms with Crippen LogP contribution in [0.1, 0.15) is 111 Å². The molecule has 7 fully saturated rings. The highest BCUT2D eigenvalue weighted by atomic mass is 16.7. The number of hydrogen-bond donors (Lipinski definition) is 2. The molecular formula is C38H58N2O6. The number of aliphatic hydroxyl groups is 2. The molecule has 2 spiro atoms. The molecule has 8 heteroatoms. The Balaban J connectivity index is 0.00000351. The maximum atomic E-state index is 13.2. The van der Waals surface area contributed by atoms with E-state index >= 15 is 0 Å². The number of amides is 1. The predicted molar refractivity (Wildman–Crippen MR) is 175 cm³/mol. The van der Waals surface area contributed by atoms with Gasteiger partial charge in [-0.1, -0.05) is 20.8 Å². The second kappa shape index (κ2) is 10.7. The Morgan fingerprint density at radius 3 is 2.57 bits per heavy atom. The Hall–Kier alpha value is -1.58. The normalized spacial score (nSPS) is 46.6. The summed E-state index contributed by atoms with van der Waals surface area (Å²) in [4.78, 5) is 19.1. The molecule has 256 valence electrons. The van der Waals surface area contributed by atoms with E-state index in [0.29, 0.717) is 59.3 Å². The lowest BCUT2D eigenvalue weighted by Crippen LogP contribution is -2.56. The van der Waals surface area contributed by atoms with Gasteiger partial charge in [0.2, 0.25) is 0 Å². The zero-order valence-corrected chi connectivity index (χ0v) is 28.6. The highest BCUT2D eigenvalue weighted by Crippen LogP contribution is 2.87. The van der Waals surface area contributed by atoms with Crippen LogP contribution in [0.25, 0.3) is 0 Å². The summed E-state index contributed by atoms with van der Waals surface area (Å²) in [5.74, 6) is 2.67. The summed E-state index contributed by atoms with van der Waals surface area (Å²) in [7, 11) is 0. The monoisotopic (exact) mass is 638 g/mol. The fraction of sp³-hybridized carbons (Fsp3) is 0.842. The average Bonchev–Trinajstić information content (AvgIpc) is 3.61. The SMILES string of the molecule is CC12CC[C@@]34CC35CC[C@H](OC3CN(C(=O)c6ccncc6)CCO3)C(C)(C)C5CCC4C1CC1OC([C@H](O)C(C)(C)O)CCC12.[HH]. The topological polar surface area (TPSA) is 101 Å². The Morgan fingerprint density at radius 1 is 1.04 bits per heavy atom. The average molecular weight is 639 g/mol. The van der Waals surface area contributed by atoms with E-state index in [1.807, 2.05) is 4.90 Å². The van der Waals surface area contributed by atoms with Crippen LogP contribution in [0.3, 0.4) is 0 Å². The number of aromatic nitrogens is 1. The number of morpholine rings is 1. The minimum Gasteiger partial charge on any atom is -0.388 e. The first kappa shape index (κ1) is 31.7. The summed E-state index contributed by atoms with van der Waals surface area (Å²) in [6.45, 7) is 12.4. The van der Waals surface area contributed by atoms with Crippen LogP contribution >= 0.6 is 0 Å². The summed E-state index contributed by atoms with van der Waals surface area (Å²) < 4.78 is 19.6. The molecule has 2 saturated heterocycles. The molecule has 0 aromatic carbocycles. The molecule has 2 aliphatic heterocycles. The number of nitrogens with zero attached hydrogens (tertiary/aromatic N) is 2. The van der Waals surface area contributed by atoms with Gasteiger partial charge in [-0.15, -0.1) is 0 Å². The Bertz CT molecular complexity index is 1340. The van der Waals surface area contributed by atoms with Gasteiger partial charge >= 0.3 is 0 Å². The quantitative estimate of drug-likeness (QED) is 0.417. The van der Waals surface area contributed by atoms with Crippen molar-refractivity contribution in [1.82, 2.24) is 9.88 Å². The van der Waals surface area contributed by atoms with E-state index < -0.39 is 18.0 Å². The van der Waals surface area contributed by atoms with E-state index in [4.69, 9.17) is 14.2 Å². The number of pyridine rings is 1. The summed E-state index contributed by atoms with van der Waals surface area (Å²) >= 11 is 0. The number of fused-ring (bicyclic) bond motifs is 4. The number of carbonyl (C=O) groups is 1. The van der Waals surface area contributed by atoms with Crippen molar-refractivity contribution < 1.29 is 30.6 Å². The molecule has 1 aromatic heterocycles. The van der Waals surface area contributed by atoms with Crippen molar-refractivity contribution in [3.63, 3.8) is 0 Å². The zero-order chi connectivity index (χ0) is 32.3. The number of carbonyl (C=O) groups excluding carboxylic acids is 1. The molecule has 46 heavy (non-hydrogen) atoms. The van der Waals surface area contributed by atoms with E-state index in [2.05, 4.69) is 25.8 Å². The second-order valence-corrected chi connectivity index (χ2v) is 17.8. The number of ether oxygens (including phenoxy) is 3. The van der Waals surface area contributed by atoms with Crippen LogP contribution in [-0.2, 0) is 14.2 Å². The molecule has 12 atom stereocenters. The van der Waals surface area contributed by atoms with Gasteiger partial charge < -0.3 is 29.3 Å². The largest absolute Gasteiger partial charge is 0.388 e. The number of hydrogen-bond acceptors (Lipinski definition) is 7. The van der Waals surface area contributed by atoms with Crippen LogP contribution in [0.4, 0.5) is 0 Å². The lowest BCUT2D eigenvalue weighted by molar-refractivity contribution is -0.241. The Labute approximate surface area is 276 Å². The van der Waals surface area contributed by atoms with Crippen LogP contribution < -0.4 is 0 Å². The fourth-order valence-corrected chi connectivity index (χ4v) is 12.9. The summed E-state index contributed by atoms with van der Waals surface area (Å²) in [6, 6.07) is 3.55. The van der Waals surface area contributed by atoms with Crippen molar-refractivity contribution in [3.05, 3.63) is 30.1 Å². The minimum atomic E-state index is -1.15. The van der Waals surface area contributed by atoms with Crippen molar-refractivity contribution in [1.29, 1.82) is 0 Å². The van der Waals surface area contributed by atoms with Gasteiger partial charge in [-0.05, 0) is 136 Å². The molecule has 9 unspecified atom stereocenters. The zero-order valence-electron chi connectivity index (χ0n) is 28.6. The summed E-state index contributed by atoms with van der Waals surface area (Å²) in [5.41, 5.74) is 0.749. The molecule has 2 N–H and O–H groups in total. The molecule has 7 aliphatic rings. The maximum Gasteiger partial charge on any atom is 0.254 e. The Kier molecular flexibility index (Phi) is 7.37. The van der Waals surface area contributed by atoms with Crippen molar-refractivity contribution in [2.75, 3.05) is 19.7 Å². The Morgan fingerprint density at radius 2 is 1.80 bits per heavy atom. The molecular weight excluding hydrogens is 580 g/mol. The van der Waals surface area contributed by atoms with Gasteiger partial charge in [0, 0.05) is 25.9 Å². The first-order valence-corrected chi connectivity index (χ1v) is 18.3. The van der Waals surface area contributed by atoms with E-state index in [1.54, 1.807) is 38.4 Å². The van der Waals surface area contributed by atoms with Gasteiger partial charge in [0.25, 0.3) is 5.91 Å². The van der Waals surface area contributed by atoms with Crippen LogP contribution in [0.2, 0.25) is 0 Å². The van der Waals surface area contributed by atoms with Gasteiger partial charge in [0.1, 0.15) is 6.10 Å². The van der Waals surface area contributed by atoms with Crippen LogP contribution in [0, 0.1) is 45.3 Å². The third-order valence-corrected chi connectivity index (χ3v) is 15.2. The van der Waals surface area contributed by atoms with Crippen LogP contribution in [-0.4, -0.2) is 82.0 Å².